The van der Waals surface area contributed by atoms with Gasteiger partial charge in [-0.25, -0.2) is 0 Å². The number of carbonyl (C=O) groups is 1. The van der Waals surface area contributed by atoms with E-state index in [1.807, 2.05) is 36.0 Å². The minimum absolute atomic E-state index is 0.0115. The molecular formula is C20H28ClNO3S. The molecule has 2 N–H and O–H groups in total. The van der Waals surface area contributed by atoms with Crippen molar-refractivity contribution in [3.8, 4) is 0 Å². The van der Waals surface area contributed by atoms with Crippen LogP contribution >= 0.6 is 23.4 Å². The van der Waals surface area contributed by atoms with E-state index in [2.05, 4.69) is 5.32 Å². The van der Waals surface area contributed by atoms with Crippen molar-refractivity contribution in [1.82, 2.24) is 5.32 Å². The highest BCUT2D eigenvalue weighted by Crippen LogP contribution is 2.42. The molecule has 1 amide bonds. The summed E-state index contributed by atoms with van der Waals surface area (Å²) in [6.45, 7) is 0.849. The van der Waals surface area contributed by atoms with Crippen molar-refractivity contribution in [2.24, 2.45) is 0 Å². The fraction of sp³-hybridized carbons (Fsp3) is 0.650. The minimum atomic E-state index is -0.452. The maximum absolute atomic E-state index is 13.3. The zero-order valence-electron chi connectivity index (χ0n) is 15.1. The Morgan fingerprint density at radius 1 is 1.15 bits per heavy atom. The molecule has 0 radical (unpaired) electrons. The van der Waals surface area contributed by atoms with Gasteiger partial charge in [-0.2, -0.15) is 11.8 Å². The second-order valence-electron chi connectivity index (χ2n) is 7.35. The summed E-state index contributed by atoms with van der Waals surface area (Å²) in [5, 5.41) is 13.0. The van der Waals surface area contributed by atoms with Gasteiger partial charge in [0.15, 0.2) is 0 Å². The first kappa shape index (κ1) is 20.0. The number of aliphatic hydroxyl groups excluding tert-OH is 1. The molecule has 3 rings (SSSR count). The molecule has 0 bridgehead atoms. The van der Waals surface area contributed by atoms with E-state index in [1.165, 1.54) is 0 Å². The third kappa shape index (κ3) is 4.38. The Hall–Kier alpha value is -0.750. The lowest BCUT2D eigenvalue weighted by atomic mass is 9.77. The molecule has 2 fully saturated rings. The number of carbonyl (C=O) groups excluding carboxylic acids is 1. The second-order valence-corrected chi connectivity index (χ2v) is 9.01. The van der Waals surface area contributed by atoms with E-state index in [0.29, 0.717) is 18.2 Å². The lowest BCUT2D eigenvalue weighted by Gasteiger charge is -2.38. The predicted octanol–water partition coefficient (Wildman–Crippen LogP) is 3.54. The molecule has 1 saturated heterocycles. The molecule has 0 unspecified atom stereocenters. The number of halogens is 1. The summed E-state index contributed by atoms with van der Waals surface area (Å²) in [6.07, 6.45) is 5.71. The normalized spacial score (nSPS) is 21.5. The summed E-state index contributed by atoms with van der Waals surface area (Å²) in [5.74, 6) is 2.16. The van der Waals surface area contributed by atoms with E-state index in [1.54, 1.807) is 0 Å². The third-order valence-corrected chi connectivity index (χ3v) is 7.00. The number of hydrogen-bond acceptors (Lipinski definition) is 4. The van der Waals surface area contributed by atoms with Gasteiger partial charge in [0.05, 0.1) is 24.2 Å². The molecule has 1 aromatic rings. The Bertz CT molecular complexity index is 596. The summed E-state index contributed by atoms with van der Waals surface area (Å²) >= 11 is 7.95. The highest BCUT2D eigenvalue weighted by Gasteiger charge is 2.44. The number of aliphatic hydroxyl groups is 1. The van der Waals surface area contributed by atoms with Gasteiger partial charge in [0.2, 0.25) is 5.91 Å². The molecule has 1 heterocycles. The van der Waals surface area contributed by atoms with Gasteiger partial charge in [-0.05, 0) is 54.9 Å². The Kier molecular flexibility index (Phi) is 6.89. The van der Waals surface area contributed by atoms with Crippen molar-refractivity contribution in [3.63, 3.8) is 0 Å². The third-order valence-electron chi connectivity index (χ3n) is 5.76. The molecule has 0 spiro atoms. The Balaban J connectivity index is 1.72. The average molecular weight is 398 g/mol. The lowest BCUT2D eigenvalue weighted by Crippen LogP contribution is -2.52. The van der Waals surface area contributed by atoms with Crippen LogP contribution in [-0.4, -0.2) is 47.9 Å². The van der Waals surface area contributed by atoms with Crippen LogP contribution in [0.15, 0.2) is 24.3 Å². The standard InChI is InChI=1S/C20H28ClNO3S/c21-17-5-3-16(4-6-17)20(7-1-2-8-20)18(24)22-15-19(25-12-11-23)9-13-26-14-10-19/h3-6,23H,1-2,7-15H2,(H,22,24). The summed E-state index contributed by atoms with van der Waals surface area (Å²) in [5.41, 5.74) is 0.261. The molecule has 1 aromatic carbocycles. The number of hydrogen-bond donors (Lipinski definition) is 2. The summed E-state index contributed by atoms with van der Waals surface area (Å²) in [4.78, 5) is 13.3. The Morgan fingerprint density at radius 3 is 2.42 bits per heavy atom. The van der Waals surface area contributed by atoms with E-state index in [4.69, 9.17) is 21.4 Å². The van der Waals surface area contributed by atoms with E-state index >= 15 is 0 Å². The predicted molar refractivity (Wildman–Crippen MR) is 107 cm³/mol. The fourth-order valence-corrected chi connectivity index (χ4v) is 5.55. The van der Waals surface area contributed by atoms with Gasteiger partial charge in [0, 0.05) is 11.6 Å². The fourth-order valence-electron chi connectivity index (χ4n) is 4.18. The number of amides is 1. The molecule has 6 heteroatoms. The van der Waals surface area contributed by atoms with Gasteiger partial charge in [0.25, 0.3) is 0 Å². The first-order valence-electron chi connectivity index (χ1n) is 9.47. The van der Waals surface area contributed by atoms with Gasteiger partial charge < -0.3 is 15.2 Å². The smallest absolute Gasteiger partial charge is 0.230 e. The molecule has 1 saturated carbocycles. The average Bonchev–Trinajstić information content (AvgIpc) is 3.17. The zero-order valence-corrected chi connectivity index (χ0v) is 16.7. The minimum Gasteiger partial charge on any atom is -0.394 e. The SMILES string of the molecule is O=C(NCC1(OCCO)CCSCC1)C1(c2ccc(Cl)cc2)CCCC1. The molecule has 4 nitrogen and oxygen atoms in total. The van der Waals surface area contributed by atoms with Crippen LogP contribution in [0.2, 0.25) is 5.02 Å². The van der Waals surface area contributed by atoms with Crippen LogP contribution in [-0.2, 0) is 14.9 Å². The first-order chi connectivity index (χ1) is 12.6. The van der Waals surface area contributed by atoms with Crippen molar-refractivity contribution in [1.29, 1.82) is 0 Å². The van der Waals surface area contributed by atoms with Crippen molar-refractivity contribution in [3.05, 3.63) is 34.9 Å². The molecule has 1 aliphatic carbocycles. The topological polar surface area (TPSA) is 58.6 Å². The Morgan fingerprint density at radius 2 is 1.81 bits per heavy atom. The van der Waals surface area contributed by atoms with Crippen LogP contribution in [0.4, 0.5) is 0 Å². The first-order valence-corrected chi connectivity index (χ1v) is 11.0. The van der Waals surface area contributed by atoms with Crippen molar-refractivity contribution >= 4 is 29.3 Å². The number of thioether (sulfide) groups is 1. The lowest BCUT2D eigenvalue weighted by molar-refractivity contribution is -0.129. The number of nitrogens with one attached hydrogen (secondary N) is 1. The molecular weight excluding hydrogens is 370 g/mol. The van der Waals surface area contributed by atoms with E-state index < -0.39 is 5.41 Å². The van der Waals surface area contributed by atoms with E-state index in [-0.39, 0.29) is 18.1 Å². The molecule has 26 heavy (non-hydrogen) atoms. The van der Waals surface area contributed by atoms with Gasteiger partial charge in [-0.1, -0.05) is 36.6 Å². The highest BCUT2D eigenvalue weighted by atomic mass is 35.5. The van der Waals surface area contributed by atoms with Crippen LogP contribution in [0.25, 0.3) is 0 Å². The molecule has 1 aliphatic heterocycles. The maximum atomic E-state index is 13.3. The highest BCUT2D eigenvalue weighted by molar-refractivity contribution is 7.99. The number of benzene rings is 1. The second kappa shape index (κ2) is 8.96. The van der Waals surface area contributed by atoms with Crippen molar-refractivity contribution in [2.75, 3.05) is 31.3 Å². The van der Waals surface area contributed by atoms with Crippen LogP contribution < -0.4 is 5.32 Å². The molecule has 0 aromatic heterocycles. The molecule has 144 valence electrons. The van der Waals surface area contributed by atoms with Crippen LogP contribution in [0.1, 0.15) is 44.1 Å². The number of rotatable bonds is 7. The van der Waals surface area contributed by atoms with Crippen molar-refractivity contribution in [2.45, 2.75) is 49.5 Å². The van der Waals surface area contributed by atoms with E-state index in [9.17, 15) is 4.79 Å². The quantitative estimate of drug-likeness (QED) is 0.738. The monoisotopic (exact) mass is 397 g/mol. The van der Waals surface area contributed by atoms with Gasteiger partial charge >= 0.3 is 0 Å². The summed E-state index contributed by atoms with van der Waals surface area (Å²) in [6, 6.07) is 7.72. The number of ether oxygens (including phenoxy) is 1. The van der Waals surface area contributed by atoms with E-state index in [0.717, 1.165) is 55.6 Å². The van der Waals surface area contributed by atoms with Crippen LogP contribution in [0, 0.1) is 0 Å². The van der Waals surface area contributed by atoms with Gasteiger partial charge in [-0.3, -0.25) is 4.79 Å². The Labute approximate surface area is 165 Å². The largest absolute Gasteiger partial charge is 0.394 e. The van der Waals surface area contributed by atoms with Gasteiger partial charge in [0.1, 0.15) is 0 Å². The zero-order chi connectivity index (χ0) is 18.5. The summed E-state index contributed by atoms with van der Waals surface area (Å²) in [7, 11) is 0. The summed E-state index contributed by atoms with van der Waals surface area (Å²) < 4.78 is 5.99. The van der Waals surface area contributed by atoms with Gasteiger partial charge in [-0.15, -0.1) is 0 Å². The van der Waals surface area contributed by atoms with Crippen LogP contribution in [0.5, 0.6) is 0 Å². The van der Waals surface area contributed by atoms with Crippen LogP contribution in [0.3, 0.4) is 0 Å². The molecule has 2 aliphatic rings. The maximum Gasteiger partial charge on any atom is 0.230 e. The van der Waals surface area contributed by atoms with Crippen molar-refractivity contribution < 1.29 is 14.6 Å². The molecule has 0 atom stereocenters.